The van der Waals surface area contributed by atoms with Crippen LogP contribution in [0.4, 0.5) is 0 Å². The van der Waals surface area contributed by atoms with Crippen molar-refractivity contribution in [2.45, 2.75) is 45.1 Å². The lowest BCUT2D eigenvalue weighted by atomic mass is 9.79. The van der Waals surface area contributed by atoms with Gasteiger partial charge in [-0.1, -0.05) is 30.7 Å². The average Bonchev–Trinajstić information content (AvgIpc) is 3.23. The maximum atomic E-state index is 13.6. The third-order valence-electron chi connectivity index (χ3n) is 6.64. The molecule has 1 aromatic heterocycles. The zero-order chi connectivity index (χ0) is 22.9. The first-order chi connectivity index (χ1) is 15.2. The van der Waals surface area contributed by atoms with Crippen LogP contribution in [-0.2, 0) is 21.2 Å². The van der Waals surface area contributed by atoms with Gasteiger partial charge in [0.1, 0.15) is 0 Å². The van der Waals surface area contributed by atoms with Crippen molar-refractivity contribution >= 4 is 27.5 Å². The normalized spacial score (nSPS) is 21.6. The number of rotatable bonds is 5. The largest absolute Gasteiger partial charge is 0.334 e. The van der Waals surface area contributed by atoms with Crippen molar-refractivity contribution < 1.29 is 13.2 Å². The zero-order valence-corrected chi connectivity index (χ0v) is 20.1. The predicted molar refractivity (Wildman–Crippen MR) is 124 cm³/mol. The van der Waals surface area contributed by atoms with Crippen LogP contribution in [-0.4, -0.2) is 59.4 Å². The van der Waals surface area contributed by atoms with Gasteiger partial charge in [0.25, 0.3) is 0 Å². The fourth-order valence-electron chi connectivity index (χ4n) is 4.71. The van der Waals surface area contributed by atoms with Gasteiger partial charge >= 0.3 is 0 Å². The molecule has 32 heavy (non-hydrogen) atoms. The van der Waals surface area contributed by atoms with Gasteiger partial charge in [-0.2, -0.15) is 0 Å². The first kappa shape index (κ1) is 23.1. The summed E-state index contributed by atoms with van der Waals surface area (Å²) in [5.41, 5.74) is 2.16. The minimum absolute atomic E-state index is 0.0928. The van der Waals surface area contributed by atoms with Crippen LogP contribution in [0.1, 0.15) is 55.6 Å². The zero-order valence-electron chi connectivity index (χ0n) is 18.5. The van der Waals surface area contributed by atoms with Crippen molar-refractivity contribution in [3.63, 3.8) is 0 Å². The summed E-state index contributed by atoms with van der Waals surface area (Å²) in [4.78, 5) is 24.7. The van der Waals surface area contributed by atoms with Crippen LogP contribution in [0.5, 0.6) is 0 Å². The molecule has 172 valence electrons. The molecule has 2 aromatic rings. The number of hydrogen-bond donors (Lipinski definition) is 0. The number of halogens is 1. The van der Waals surface area contributed by atoms with Crippen molar-refractivity contribution in [3.05, 3.63) is 58.6 Å². The lowest BCUT2D eigenvalue weighted by Crippen LogP contribution is -2.49. The van der Waals surface area contributed by atoms with E-state index in [0.717, 1.165) is 29.8 Å². The molecule has 0 radical (unpaired) electrons. The second-order valence-corrected chi connectivity index (χ2v) is 11.5. The Balaban J connectivity index is 1.49. The molecule has 2 aliphatic rings. The first-order valence-electron chi connectivity index (χ1n) is 11.0. The van der Waals surface area contributed by atoms with E-state index in [1.165, 1.54) is 10.6 Å². The quantitative estimate of drug-likeness (QED) is 0.660. The topological polar surface area (TPSA) is 83.5 Å². The van der Waals surface area contributed by atoms with E-state index in [4.69, 9.17) is 16.6 Å². The molecule has 0 unspecified atom stereocenters. The van der Waals surface area contributed by atoms with Crippen LogP contribution in [0.3, 0.4) is 0 Å². The fourth-order valence-corrected chi connectivity index (χ4v) is 5.77. The summed E-state index contributed by atoms with van der Waals surface area (Å²) in [7, 11) is -3.23. The molecule has 2 aliphatic heterocycles. The van der Waals surface area contributed by atoms with Crippen molar-refractivity contribution in [1.29, 1.82) is 0 Å². The molecular weight excluding hydrogens is 448 g/mol. The van der Waals surface area contributed by atoms with Crippen molar-refractivity contribution in [2.24, 2.45) is 5.41 Å². The van der Waals surface area contributed by atoms with E-state index < -0.39 is 15.4 Å². The van der Waals surface area contributed by atoms with Crippen LogP contribution in [0.15, 0.2) is 36.7 Å². The van der Waals surface area contributed by atoms with Gasteiger partial charge in [0, 0.05) is 42.7 Å². The minimum atomic E-state index is -3.23. The highest BCUT2D eigenvalue weighted by atomic mass is 35.5. The Morgan fingerprint density at radius 2 is 1.97 bits per heavy atom. The molecule has 1 atom stereocenters. The van der Waals surface area contributed by atoms with Gasteiger partial charge in [0.15, 0.2) is 0 Å². The number of sulfonamides is 1. The summed E-state index contributed by atoms with van der Waals surface area (Å²) in [6.45, 7) is 3.42. The number of carbonyl (C=O) groups excluding carboxylic acids is 1. The van der Waals surface area contributed by atoms with E-state index in [-0.39, 0.29) is 11.9 Å². The Labute approximate surface area is 194 Å². The molecule has 1 amide bonds. The summed E-state index contributed by atoms with van der Waals surface area (Å²) < 4.78 is 25.2. The molecule has 0 spiro atoms. The molecule has 3 heterocycles. The Bertz CT molecular complexity index is 1100. The SMILES string of the molecule is CC1(C(=O)N2CCC[C@H]2c2cncc(Cc3cccc(Cl)c3)n2)CCN(S(C)(=O)=O)CC1. The molecule has 0 N–H and O–H groups in total. The fraction of sp³-hybridized carbons (Fsp3) is 0.522. The average molecular weight is 477 g/mol. The van der Waals surface area contributed by atoms with E-state index in [2.05, 4.69) is 4.98 Å². The molecule has 2 saturated heterocycles. The summed E-state index contributed by atoms with van der Waals surface area (Å²) in [6, 6.07) is 7.59. The van der Waals surface area contributed by atoms with E-state index >= 15 is 0 Å². The summed E-state index contributed by atoms with van der Waals surface area (Å²) in [5.74, 6) is 0.0928. The van der Waals surface area contributed by atoms with E-state index in [1.54, 1.807) is 12.4 Å². The third-order valence-corrected chi connectivity index (χ3v) is 8.18. The second kappa shape index (κ2) is 9.08. The standard InChI is InChI=1S/C23H29ClN4O3S/c1-23(8-11-27(12-9-23)32(2,30)31)22(29)28-10-4-7-21(28)20-16-25-15-19(26-20)14-17-5-3-6-18(24)13-17/h3,5-6,13,15-16,21H,4,7-12,14H2,1-2H3/t21-/m0/s1. The number of carbonyl (C=O) groups is 1. The molecule has 4 rings (SSSR count). The Morgan fingerprint density at radius 1 is 1.22 bits per heavy atom. The molecule has 7 nitrogen and oxygen atoms in total. The highest BCUT2D eigenvalue weighted by Crippen LogP contribution is 2.39. The van der Waals surface area contributed by atoms with Gasteiger partial charge < -0.3 is 4.90 Å². The van der Waals surface area contributed by atoms with Gasteiger partial charge in [-0.15, -0.1) is 0 Å². The maximum Gasteiger partial charge on any atom is 0.229 e. The monoisotopic (exact) mass is 476 g/mol. The third kappa shape index (κ3) is 4.97. The van der Waals surface area contributed by atoms with Crippen molar-refractivity contribution in [2.75, 3.05) is 25.9 Å². The number of benzene rings is 1. The Kier molecular flexibility index (Phi) is 6.56. The molecule has 0 saturated carbocycles. The van der Waals surface area contributed by atoms with E-state index in [9.17, 15) is 13.2 Å². The van der Waals surface area contributed by atoms with Crippen molar-refractivity contribution in [3.8, 4) is 0 Å². The highest BCUT2D eigenvalue weighted by Gasteiger charge is 2.44. The number of piperidine rings is 1. The molecule has 0 aliphatic carbocycles. The van der Waals surface area contributed by atoms with Gasteiger partial charge in [-0.3, -0.25) is 14.8 Å². The van der Waals surface area contributed by atoms with Gasteiger partial charge in [-0.05, 0) is 43.4 Å². The van der Waals surface area contributed by atoms with Crippen LogP contribution >= 0.6 is 11.6 Å². The molecule has 2 fully saturated rings. The highest BCUT2D eigenvalue weighted by molar-refractivity contribution is 7.88. The number of aromatic nitrogens is 2. The van der Waals surface area contributed by atoms with Crippen LogP contribution in [0, 0.1) is 5.41 Å². The predicted octanol–water partition coefficient (Wildman–Crippen LogP) is 3.45. The van der Waals surface area contributed by atoms with Gasteiger partial charge in [0.2, 0.25) is 15.9 Å². The smallest absolute Gasteiger partial charge is 0.229 e. The Hall–Kier alpha value is -2.03. The molecule has 9 heteroatoms. The molecule has 1 aromatic carbocycles. The van der Waals surface area contributed by atoms with Crippen LogP contribution in [0.25, 0.3) is 0 Å². The molecular formula is C23H29ClN4O3S. The lowest BCUT2D eigenvalue weighted by Gasteiger charge is -2.40. The van der Waals surface area contributed by atoms with Gasteiger partial charge in [0.05, 0.1) is 29.9 Å². The van der Waals surface area contributed by atoms with E-state index in [1.807, 2.05) is 36.1 Å². The van der Waals surface area contributed by atoms with Crippen molar-refractivity contribution in [1.82, 2.24) is 19.2 Å². The number of likely N-dealkylation sites (tertiary alicyclic amines) is 1. The molecule has 0 bridgehead atoms. The second-order valence-electron chi connectivity index (χ2n) is 9.12. The summed E-state index contributed by atoms with van der Waals surface area (Å²) in [6.07, 6.45) is 8.20. The maximum absolute atomic E-state index is 13.6. The number of nitrogens with zero attached hydrogens (tertiary/aromatic N) is 4. The van der Waals surface area contributed by atoms with E-state index in [0.29, 0.717) is 43.9 Å². The van der Waals surface area contributed by atoms with Crippen LogP contribution in [0.2, 0.25) is 5.02 Å². The first-order valence-corrected chi connectivity index (χ1v) is 13.2. The Morgan fingerprint density at radius 3 is 2.66 bits per heavy atom. The lowest BCUT2D eigenvalue weighted by molar-refractivity contribution is -0.144. The van der Waals surface area contributed by atoms with Gasteiger partial charge in [-0.25, -0.2) is 12.7 Å². The number of amides is 1. The number of hydrogen-bond acceptors (Lipinski definition) is 5. The summed E-state index contributed by atoms with van der Waals surface area (Å²) >= 11 is 6.10. The summed E-state index contributed by atoms with van der Waals surface area (Å²) in [5, 5.41) is 0.689. The minimum Gasteiger partial charge on any atom is -0.334 e. The van der Waals surface area contributed by atoms with Crippen LogP contribution < -0.4 is 0 Å².